The number of anilines is 1. The summed E-state index contributed by atoms with van der Waals surface area (Å²) in [5.41, 5.74) is 6.86. The lowest BCUT2D eigenvalue weighted by Crippen LogP contribution is -2.14. The number of hydrogen-bond donors (Lipinski definition) is 1. The van der Waals surface area contributed by atoms with Gasteiger partial charge in [0, 0.05) is 0 Å². The molecule has 0 unspecified atom stereocenters. The summed E-state index contributed by atoms with van der Waals surface area (Å²) in [6.07, 6.45) is 0. The smallest absolute Gasteiger partial charge is 0.280 e. The molecule has 0 fully saturated rings. The highest BCUT2D eigenvalue weighted by Gasteiger charge is 2.24. The zero-order valence-electron chi connectivity index (χ0n) is 10.0. The van der Waals surface area contributed by atoms with Gasteiger partial charge in [0.05, 0.1) is 22.7 Å². The van der Waals surface area contributed by atoms with Crippen molar-refractivity contribution in [1.29, 1.82) is 5.26 Å². The van der Waals surface area contributed by atoms with Crippen molar-refractivity contribution in [3.63, 3.8) is 0 Å². The molecule has 20 heavy (non-hydrogen) atoms. The number of benzene rings is 1. The Kier molecular flexibility index (Phi) is 2.74. The molecule has 1 aromatic carbocycles. The van der Waals surface area contributed by atoms with Gasteiger partial charge in [-0.1, -0.05) is 6.07 Å². The van der Waals surface area contributed by atoms with Crippen LogP contribution in [0.25, 0.3) is 11.0 Å². The fraction of sp³-hybridized carbons (Fsp3) is 0. The predicted molar refractivity (Wildman–Crippen MR) is 75.8 cm³/mol. The molecule has 0 aliphatic rings. The molecule has 3 aromatic rings. The first-order valence-electron chi connectivity index (χ1n) is 5.51. The molecular weight excluding hydrogens is 296 g/mol. The summed E-state index contributed by atoms with van der Waals surface area (Å²) in [7, 11) is -3.76. The topological polar surface area (TPSA) is 102 Å². The zero-order valence-corrected chi connectivity index (χ0v) is 11.6. The summed E-state index contributed by atoms with van der Waals surface area (Å²) in [5.74, 6) is -0.122. The number of hydrogen-bond acceptors (Lipinski definition) is 6. The van der Waals surface area contributed by atoms with Gasteiger partial charge in [0.25, 0.3) is 10.0 Å². The van der Waals surface area contributed by atoms with Crippen molar-refractivity contribution >= 4 is 38.3 Å². The molecule has 2 N–H and O–H groups in total. The van der Waals surface area contributed by atoms with Gasteiger partial charge in [-0.3, -0.25) is 0 Å². The van der Waals surface area contributed by atoms with E-state index in [-0.39, 0.29) is 10.2 Å². The monoisotopic (exact) mass is 304 g/mol. The molecule has 0 aliphatic heterocycles. The van der Waals surface area contributed by atoms with E-state index in [1.54, 1.807) is 11.4 Å². The van der Waals surface area contributed by atoms with Crippen molar-refractivity contribution < 1.29 is 8.42 Å². The molecule has 0 atom stereocenters. The largest absolute Gasteiger partial charge is 0.368 e. The number of thiophene rings is 1. The summed E-state index contributed by atoms with van der Waals surface area (Å²) in [6.45, 7) is 0. The number of nitrogens with two attached hydrogens (primary N) is 1. The molecule has 0 spiro atoms. The van der Waals surface area contributed by atoms with Gasteiger partial charge in [0.1, 0.15) is 4.21 Å². The second-order valence-electron chi connectivity index (χ2n) is 3.99. The Labute approximate surface area is 118 Å². The molecule has 6 nitrogen and oxygen atoms in total. The Morgan fingerprint density at radius 2 is 2.15 bits per heavy atom. The highest BCUT2D eigenvalue weighted by atomic mass is 32.2. The predicted octanol–water partition coefficient (Wildman–Crippen LogP) is 1.79. The average molecular weight is 304 g/mol. The first-order valence-corrected chi connectivity index (χ1v) is 7.83. The number of nitrogens with zero attached hydrogens (tertiary/aromatic N) is 3. The van der Waals surface area contributed by atoms with Gasteiger partial charge in [-0.05, 0) is 29.6 Å². The molecule has 2 heterocycles. The third kappa shape index (κ3) is 1.76. The van der Waals surface area contributed by atoms with Crippen LogP contribution in [0.2, 0.25) is 0 Å². The maximum Gasteiger partial charge on any atom is 0.280 e. The van der Waals surface area contributed by atoms with Crippen LogP contribution < -0.4 is 5.73 Å². The fourth-order valence-corrected chi connectivity index (χ4v) is 4.36. The van der Waals surface area contributed by atoms with Crippen LogP contribution in [0.1, 0.15) is 5.56 Å². The summed E-state index contributed by atoms with van der Waals surface area (Å²) < 4.78 is 26.3. The van der Waals surface area contributed by atoms with E-state index >= 15 is 0 Å². The van der Waals surface area contributed by atoms with E-state index in [9.17, 15) is 8.42 Å². The van der Waals surface area contributed by atoms with Gasteiger partial charge >= 0.3 is 0 Å². The van der Waals surface area contributed by atoms with Crippen molar-refractivity contribution in [2.24, 2.45) is 0 Å². The fourth-order valence-electron chi connectivity index (χ4n) is 1.90. The van der Waals surface area contributed by atoms with E-state index in [0.29, 0.717) is 16.6 Å². The third-order valence-electron chi connectivity index (χ3n) is 2.76. The van der Waals surface area contributed by atoms with E-state index in [1.807, 2.05) is 6.07 Å². The first-order chi connectivity index (χ1) is 9.54. The number of nitriles is 1. The van der Waals surface area contributed by atoms with Gasteiger partial charge in [-0.2, -0.15) is 13.7 Å². The minimum atomic E-state index is -3.76. The van der Waals surface area contributed by atoms with Crippen molar-refractivity contribution in [2.45, 2.75) is 4.21 Å². The molecular formula is C12H8N4O2S2. The normalized spacial score (nSPS) is 11.6. The molecule has 100 valence electrons. The highest BCUT2D eigenvalue weighted by molar-refractivity contribution is 7.92. The summed E-state index contributed by atoms with van der Waals surface area (Å²) in [6, 6.07) is 9.71. The van der Waals surface area contributed by atoms with E-state index in [2.05, 4.69) is 4.98 Å². The minimum Gasteiger partial charge on any atom is -0.368 e. The van der Waals surface area contributed by atoms with Gasteiger partial charge in [0.2, 0.25) is 5.95 Å². The van der Waals surface area contributed by atoms with Crippen LogP contribution in [-0.4, -0.2) is 17.4 Å². The lowest BCUT2D eigenvalue weighted by molar-refractivity contribution is 0.591. The van der Waals surface area contributed by atoms with Gasteiger partial charge in [-0.15, -0.1) is 11.3 Å². The molecule has 0 aliphatic carbocycles. The van der Waals surface area contributed by atoms with E-state index < -0.39 is 10.0 Å². The minimum absolute atomic E-state index is 0.122. The van der Waals surface area contributed by atoms with Crippen LogP contribution in [0.3, 0.4) is 0 Å². The summed E-state index contributed by atoms with van der Waals surface area (Å²) in [5, 5.41) is 10.5. The van der Waals surface area contributed by atoms with Crippen molar-refractivity contribution in [3.8, 4) is 6.07 Å². The maximum atomic E-state index is 12.5. The average Bonchev–Trinajstić information content (AvgIpc) is 3.04. The SMILES string of the molecule is N#Cc1ccc2c(c1)nc(N)n2S(=O)(=O)c1cccs1. The highest BCUT2D eigenvalue weighted by Crippen LogP contribution is 2.27. The number of aromatic nitrogens is 2. The van der Waals surface area contributed by atoms with E-state index in [4.69, 9.17) is 11.0 Å². The van der Waals surface area contributed by atoms with Gasteiger partial charge < -0.3 is 5.73 Å². The maximum absolute atomic E-state index is 12.5. The Balaban J connectivity index is 2.33. The number of rotatable bonds is 2. The lowest BCUT2D eigenvalue weighted by atomic mass is 10.2. The first kappa shape index (κ1) is 12.7. The number of imidazole rings is 1. The quantitative estimate of drug-likeness (QED) is 0.777. The number of nitrogen functional groups attached to an aromatic ring is 1. The lowest BCUT2D eigenvalue weighted by Gasteiger charge is -2.05. The second-order valence-corrected chi connectivity index (χ2v) is 6.95. The summed E-state index contributed by atoms with van der Waals surface area (Å²) in [4.78, 5) is 4.01. The van der Waals surface area contributed by atoms with Crippen LogP contribution in [0.15, 0.2) is 39.9 Å². The van der Waals surface area contributed by atoms with Gasteiger partial charge in [0.15, 0.2) is 0 Å². The van der Waals surface area contributed by atoms with Crippen LogP contribution >= 0.6 is 11.3 Å². The molecule has 0 amide bonds. The molecule has 2 aromatic heterocycles. The van der Waals surface area contributed by atoms with Crippen LogP contribution in [0, 0.1) is 11.3 Å². The van der Waals surface area contributed by atoms with Crippen LogP contribution in [0.5, 0.6) is 0 Å². The third-order valence-corrected chi connectivity index (χ3v) is 5.85. The van der Waals surface area contributed by atoms with Crippen molar-refractivity contribution in [2.75, 3.05) is 5.73 Å². The van der Waals surface area contributed by atoms with Crippen molar-refractivity contribution in [3.05, 3.63) is 41.3 Å². The Bertz CT molecular complexity index is 934. The zero-order chi connectivity index (χ0) is 14.3. The second kappa shape index (κ2) is 4.33. The van der Waals surface area contributed by atoms with E-state index in [0.717, 1.165) is 15.3 Å². The van der Waals surface area contributed by atoms with Crippen molar-refractivity contribution in [1.82, 2.24) is 8.96 Å². The summed E-state index contributed by atoms with van der Waals surface area (Å²) >= 11 is 1.11. The standard InChI is InChI=1S/C12H8N4O2S2/c13-7-8-3-4-10-9(6-8)15-12(14)16(10)20(17,18)11-2-1-5-19-11/h1-6H,(H2,14,15). The Morgan fingerprint density at radius 3 is 2.80 bits per heavy atom. The molecule has 0 bridgehead atoms. The molecule has 0 saturated heterocycles. The molecule has 3 rings (SSSR count). The Morgan fingerprint density at radius 1 is 1.35 bits per heavy atom. The molecule has 0 saturated carbocycles. The number of fused-ring (bicyclic) bond motifs is 1. The van der Waals surface area contributed by atoms with Gasteiger partial charge in [-0.25, -0.2) is 8.96 Å². The van der Waals surface area contributed by atoms with Crippen LogP contribution in [0.4, 0.5) is 5.95 Å². The van der Waals surface area contributed by atoms with Crippen LogP contribution in [-0.2, 0) is 10.0 Å². The molecule has 0 radical (unpaired) electrons. The molecule has 8 heteroatoms. The van der Waals surface area contributed by atoms with E-state index in [1.165, 1.54) is 24.3 Å². The Hall–Kier alpha value is -2.37.